The molecule has 176 valence electrons. The van der Waals surface area contributed by atoms with Crippen LogP contribution in [0.3, 0.4) is 0 Å². The van der Waals surface area contributed by atoms with Crippen LogP contribution in [0.4, 0.5) is 5.69 Å². The van der Waals surface area contributed by atoms with Crippen molar-refractivity contribution in [3.05, 3.63) is 101 Å². The molecular weight excluding hydrogens is 426 g/mol. The third-order valence-electron chi connectivity index (χ3n) is 6.91. The second-order valence-electron chi connectivity index (χ2n) is 9.62. The molecule has 0 fully saturated rings. The molecule has 5 rings (SSSR count). The van der Waals surface area contributed by atoms with Gasteiger partial charge in [0.1, 0.15) is 6.54 Å². The Hall–Kier alpha value is -3.72. The maximum atomic E-state index is 3.59. The van der Waals surface area contributed by atoms with Gasteiger partial charge in [-0.1, -0.05) is 49.8 Å². The topological polar surface area (TPSA) is 21.3 Å². The van der Waals surface area contributed by atoms with E-state index in [0.717, 1.165) is 25.8 Å². The number of fused-ring (bicyclic) bond motifs is 3. The number of hydrogen-bond acceptors (Lipinski definition) is 1. The number of aryl methyl sites for hydroxylation is 3. The van der Waals surface area contributed by atoms with E-state index in [0.29, 0.717) is 0 Å². The number of aromatic nitrogens is 2. The van der Waals surface area contributed by atoms with Gasteiger partial charge in [0.05, 0.1) is 11.1 Å². The van der Waals surface area contributed by atoms with Crippen LogP contribution in [-0.2, 0) is 19.4 Å². The standard InChI is InChI=1S/C32H34N3/c1-4-8-26-15-16-27-9-7-22-35-21-6-5-10-30(35)32(27)31(26)29-23-25(19-20-33-29)12-11-24-13-17-28(18-14-24)34(2)3/h5-6,10-21,23H,4,7-9,22H2,1-3H3/q+1/p+1/b12-11+. The van der Waals surface area contributed by atoms with E-state index in [-0.39, 0.29) is 0 Å². The van der Waals surface area contributed by atoms with Crippen LogP contribution >= 0.6 is 0 Å². The number of aromatic amines is 1. The van der Waals surface area contributed by atoms with E-state index >= 15 is 0 Å². The van der Waals surface area contributed by atoms with Crippen molar-refractivity contribution in [2.24, 2.45) is 0 Å². The maximum Gasteiger partial charge on any atom is 0.213 e. The summed E-state index contributed by atoms with van der Waals surface area (Å²) in [6, 6.07) is 24.4. The molecule has 1 aliphatic rings. The fraction of sp³-hybridized carbons (Fsp3) is 0.250. The minimum Gasteiger partial charge on any atom is -0.378 e. The van der Waals surface area contributed by atoms with Crippen LogP contribution < -0.4 is 14.5 Å². The number of hydrogen-bond donors (Lipinski definition) is 0. The molecule has 35 heavy (non-hydrogen) atoms. The second-order valence-corrected chi connectivity index (χ2v) is 9.62. The van der Waals surface area contributed by atoms with Gasteiger partial charge in [-0.15, -0.1) is 0 Å². The molecule has 1 N–H and O–H groups in total. The van der Waals surface area contributed by atoms with Crippen molar-refractivity contribution in [3.63, 3.8) is 0 Å². The van der Waals surface area contributed by atoms with E-state index in [2.05, 4.69) is 127 Å². The molecule has 2 aromatic carbocycles. The highest BCUT2D eigenvalue weighted by molar-refractivity contribution is 5.84. The zero-order valence-corrected chi connectivity index (χ0v) is 21.1. The molecule has 2 aromatic heterocycles. The summed E-state index contributed by atoms with van der Waals surface area (Å²) in [6.45, 7) is 3.33. The molecule has 3 heterocycles. The van der Waals surface area contributed by atoms with Gasteiger partial charge in [-0.05, 0) is 53.3 Å². The SMILES string of the molecule is CCCc1ccc2c(c1-c1cc(/C=C/c3ccc(N(C)C)cc3)cc[nH+]1)-c1cccc[n+]1CCC2. The van der Waals surface area contributed by atoms with E-state index in [1.165, 1.54) is 56.9 Å². The first-order valence-electron chi connectivity index (χ1n) is 12.7. The highest BCUT2D eigenvalue weighted by atomic mass is 15.1. The Morgan fingerprint density at radius 2 is 1.74 bits per heavy atom. The van der Waals surface area contributed by atoms with Crippen molar-refractivity contribution >= 4 is 17.8 Å². The van der Waals surface area contributed by atoms with Gasteiger partial charge >= 0.3 is 0 Å². The average molecular weight is 462 g/mol. The molecule has 0 unspecified atom stereocenters. The van der Waals surface area contributed by atoms with Crippen LogP contribution in [0.15, 0.2) is 79.1 Å². The summed E-state index contributed by atoms with van der Waals surface area (Å²) in [5, 5.41) is 0. The van der Waals surface area contributed by atoms with Gasteiger partial charge in [-0.25, -0.2) is 4.98 Å². The lowest BCUT2D eigenvalue weighted by atomic mass is 9.88. The van der Waals surface area contributed by atoms with Crippen molar-refractivity contribution in [1.29, 1.82) is 0 Å². The lowest BCUT2D eigenvalue weighted by Crippen LogP contribution is -2.35. The van der Waals surface area contributed by atoms with Gasteiger partial charge in [-0.3, -0.25) is 0 Å². The molecule has 0 atom stereocenters. The quantitative estimate of drug-likeness (QED) is 0.311. The smallest absolute Gasteiger partial charge is 0.213 e. The van der Waals surface area contributed by atoms with E-state index in [1.54, 1.807) is 0 Å². The fourth-order valence-electron chi connectivity index (χ4n) is 5.12. The molecule has 0 saturated carbocycles. The fourth-order valence-corrected chi connectivity index (χ4v) is 5.12. The zero-order chi connectivity index (χ0) is 24.2. The summed E-state index contributed by atoms with van der Waals surface area (Å²) in [6.07, 6.45) is 13.2. The van der Waals surface area contributed by atoms with E-state index in [4.69, 9.17) is 0 Å². The molecule has 0 aliphatic carbocycles. The van der Waals surface area contributed by atoms with Crippen molar-refractivity contribution < 1.29 is 9.55 Å². The first-order valence-corrected chi connectivity index (χ1v) is 12.7. The Balaban J connectivity index is 1.59. The average Bonchev–Trinajstić information content (AvgIpc) is 3.07. The van der Waals surface area contributed by atoms with E-state index in [9.17, 15) is 0 Å². The first kappa shape index (κ1) is 23.0. The number of pyridine rings is 2. The molecule has 1 aliphatic heterocycles. The Kier molecular flexibility index (Phi) is 6.76. The number of nitrogens with zero attached hydrogens (tertiary/aromatic N) is 2. The summed E-state index contributed by atoms with van der Waals surface area (Å²) >= 11 is 0. The van der Waals surface area contributed by atoms with Crippen molar-refractivity contribution in [3.8, 4) is 22.5 Å². The Labute approximate surface area is 209 Å². The largest absolute Gasteiger partial charge is 0.378 e. The molecule has 4 aromatic rings. The Morgan fingerprint density at radius 3 is 2.54 bits per heavy atom. The van der Waals surface area contributed by atoms with Gasteiger partial charge in [0, 0.05) is 50.5 Å². The highest BCUT2D eigenvalue weighted by Crippen LogP contribution is 2.37. The number of rotatable bonds is 6. The number of nitrogens with one attached hydrogen (secondary N) is 1. The maximum absolute atomic E-state index is 3.59. The van der Waals surface area contributed by atoms with E-state index < -0.39 is 0 Å². The Morgan fingerprint density at radius 1 is 0.914 bits per heavy atom. The van der Waals surface area contributed by atoms with Crippen LogP contribution in [0.5, 0.6) is 0 Å². The summed E-state index contributed by atoms with van der Waals surface area (Å²) in [5.41, 5.74) is 11.7. The number of anilines is 1. The van der Waals surface area contributed by atoms with Crippen LogP contribution in [0.25, 0.3) is 34.7 Å². The molecule has 3 nitrogen and oxygen atoms in total. The predicted molar refractivity (Wildman–Crippen MR) is 146 cm³/mol. The van der Waals surface area contributed by atoms with Gasteiger partial charge in [-0.2, -0.15) is 4.57 Å². The lowest BCUT2D eigenvalue weighted by molar-refractivity contribution is -0.686. The highest BCUT2D eigenvalue weighted by Gasteiger charge is 2.27. The van der Waals surface area contributed by atoms with Crippen LogP contribution in [-0.4, -0.2) is 14.1 Å². The molecular formula is C32H35N3+2. The van der Waals surface area contributed by atoms with Gasteiger partial charge in [0.2, 0.25) is 11.4 Å². The van der Waals surface area contributed by atoms with Crippen molar-refractivity contribution in [1.82, 2.24) is 0 Å². The minimum atomic E-state index is 1.06. The van der Waals surface area contributed by atoms with Crippen molar-refractivity contribution in [2.75, 3.05) is 19.0 Å². The second kappa shape index (κ2) is 10.3. The molecule has 0 spiro atoms. The normalized spacial score (nSPS) is 12.8. The lowest BCUT2D eigenvalue weighted by Gasteiger charge is -2.14. The molecule has 0 amide bonds. The van der Waals surface area contributed by atoms with Crippen LogP contribution in [0.2, 0.25) is 0 Å². The first-order chi connectivity index (χ1) is 17.1. The summed E-state index contributed by atoms with van der Waals surface area (Å²) < 4.78 is 2.42. The molecule has 3 heteroatoms. The van der Waals surface area contributed by atoms with Gasteiger partial charge in [0.15, 0.2) is 12.4 Å². The predicted octanol–water partition coefficient (Wildman–Crippen LogP) is 6.26. The number of H-pyrrole nitrogens is 1. The minimum absolute atomic E-state index is 1.06. The molecule has 0 saturated heterocycles. The summed E-state index contributed by atoms with van der Waals surface area (Å²) in [5.74, 6) is 0. The summed E-state index contributed by atoms with van der Waals surface area (Å²) in [7, 11) is 4.14. The zero-order valence-electron chi connectivity index (χ0n) is 21.1. The third kappa shape index (κ3) is 4.90. The van der Waals surface area contributed by atoms with Gasteiger partial charge in [0.25, 0.3) is 0 Å². The van der Waals surface area contributed by atoms with Crippen LogP contribution in [0.1, 0.15) is 42.0 Å². The van der Waals surface area contributed by atoms with Crippen molar-refractivity contribution in [2.45, 2.75) is 39.2 Å². The third-order valence-corrected chi connectivity index (χ3v) is 6.91. The van der Waals surface area contributed by atoms with E-state index in [1.807, 2.05) is 0 Å². The van der Waals surface area contributed by atoms with Crippen LogP contribution in [0, 0.1) is 0 Å². The molecule has 0 radical (unpaired) electrons. The molecule has 0 bridgehead atoms. The van der Waals surface area contributed by atoms with Gasteiger partial charge < -0.3 is 4.90 Å². The number of benzene rings is 2. The Bertz CT molecular complexity index is 1350. The summed E-state index contributed by atoms with van der Waals surface area (Å²) in [4.78, 5) is 5.72. The monoisotopic (exact) mass is 461 g/mol.